The highest BCUT2D eigenvalue weighted by Crippen LogP contribution is 2.32. The van der Waals surface area contributed by atoms with Crippen molar-refractivity contribution in [1.82, 2.24) is 4.31 Å². The minimum atomic E-state index is -3.92. The first-order chi connectivity index (χ1) is 13.3. The maximum Gasteiger partial charge on any atom is 0.270 e. The maximum atomic E-state index is 13.1. The van der Waals surface area contributed by atoms with E-state index in [0.717, 1.165) is 11.6 Å². The van der Waals surface area contributed by atoms with Gasteiger partial charge < -0.3 is 10.1 Å². The first-order valence-electron chi connectivity index (χ1n) is 8.67. The minimum absolute atomic E-state index is 0.121. The van der Waals surface area contributed by atoms with E-state index in [1.807, 2.05) is 19.1 Å². The number of nitrogens with one attached hydrogen (secondary N) is 1. The van der Waals surface area contributed by atoms with E-state index in [1.54, 1.807) is 12.1 Å². The predicted octanol–water partition coefficient (Wildman–Crippen LogP) is 3.44. The van der Waals surface area contributed by atoms with E-state index in [1.165, 1.54) is 16.4 Å². The van der Waals surface area contributed by atoms with Crippen LogP contribution in [0.3, 0.4) is 0 Å². The zero-order valence-corrected chi connectivity index (χ0v) is 16.7. The summed E-state index contributed by atoms with van der Waals surface area (Å²) in [6, 6.07) is 10.7. The van der Waals surface area contributed by atoms with E-state index < -0.39 is 14.9 Å². The highest BCUT2D eigenvalue weighted by Gasteiger charge is 2.30. The molecule has 0 radical (unpaired) electrons. The number of hydrogen-bond donors (Lipinski definition) is 1. The second-order valence-electron chi connectivity index (χ2n) is 6.37. The zero-order valence-electron chi connectivity index (χ0n) is 15.2. The van der Waals surface area contributed by atoms with Crippen LogP contribution in [-0.2, 0) is 14.8 Å². The lowest BCUT2D eigenvalue weighted by Gasteiger charge is -2.27. The van der Waals surface area contributed by atoms with Gasteiger partial charge in [0.2, 0.25) is 10.0 Å². The number of sulfonamides is 1. The second-order valence-corrected chi connectivity index (χ2v) is 8.71. The molecule has 0 saturated carbocycles. The number of ether oxygens (including phenoxy) is 1. The number of rotatable bonds is 6. The molecule has 1 heterocycles. The molecule has 0 aliphatic carbocycles. The molecule has 2 aromatic rings. The molecule has 28 heavy (non-hydrogen) atoms. The summed E-state index contributed by atoms with van der Waals surface area (Å²) in [5.74, 6) is 0. The normalized spacial score (nSPS) is 16.5. The van der Waals surface area contributed by atoms with Crippen LogP contribution >= 0.6 is 11.6 Å². The summed E-state index contributed by atoms with van der Waals surface area (Å²) in [7, 11) is -3.92. The summed E-state index contributed by atoms with van der Waals surface area (Å²) in [6.07, 6.45) is 0. The number of anilines is 1. The Morgan fingerprint density at radius 3 is 2.43 bits per heavy atom. The molecule has 0 bridgehead atoms. The lowest BCUT2D eigenvalue weighted by Crippen LogP contribution is -2.40. The van der Waals surface area contributed by atoms with Gasteiger partial charge in [0.15, 0.2) is 0 Å². The number of nitro benzene ring substituents is 1. The fourth-order valence-corrected chi connectivity index (χ4v) is 4.66. The van der Waals surface area contributed by atoms with Gasteiger partial charge in [-0.25, -0.2) is 8.42 Å². The molecule has 1 atom stereocenters. The fourth-order valence-electron chi connectivity index (χ4n) is 2.95. The van der Waals surface area contributed by atoms with Gasteiger partial charge in [0.05, 0.1) is 23.8 Å². The number of nitro groups is 1. The number of hydrogen-bond acceptors (Lipinski definition) is 6. The van der Waals surface area contributed by atoms with Crippen molar-refractivity contribution >= 4 is 33.0 Å². The predicted molar refractivity (Wildman–Crippen MR) is 106 cm³/mol. The standard InChI is InChI=1S/C18H20ClN3O5S/c1-13(14-2-4-15(19)5-3-14)20-17-7-6-16(22(23)24)12-18(17)28(25,26)21-8-10-27-11-9-21/h2-7,12-13,20H,8-11H2,1H3/t13-/m0/s1. The molecular weight excluding hydrogens is 406 g/mol. The molecular formula is C18H20ClN3O5S. The third-order valence-corrected chi connectivity index (χ3v) is 6.70. The molecule has 0 amide bonds. The van der Waals surface area contributed by atoms with E-state index in [4.69, 9.17) is 16.3 Å². The first kappa shape index (κ1) is 20.5. The number of nitrogens with zero attached hydrogens (tertiary/aromatic N) is 2. The van der Waals surface area contributed by atoms with Gasteiger partial charge in [0, 0.05) is 36.3 Å². The SMILES string of the molecule is C[C@H](Nc1ccc([N+](=O)[O-])cc1S(=O)(=O)N1CCOCC1)c1ccc(Cl)cc1. The molecule has 3 rings (SSSR count). The smallest absolute Gasteiger partial charge is 0.270 e. The summed E-state index contributed by atoms with van der Waals surface area (Å²) in [6.45, 7) is 2.86. The number of non-ortho nitro benzene ring substituents is 1. The molecule has 1 N–H and O–H groups in total. The quantitative estimate of drug-likeness (QED) is 0.561. The summed E-state index contributed by atoms with van der Waals surface area (Å²) < 4.78 is 32.8. The highest BCUT2D eigenvalue weighted by atomic mass is 35.5. The van der Waals surface area contributed by atoms with Gasteiger partial charge in [0.1, 0.15) is 4.90 Å². The number of halogens is 1. The van der Waals surface area contributed by atoms with Crippen LogP contribution in [-0.4, -0.2) is 43.9 Å². The summed E-state index contributed by atoms with van der Waals surface area (Å²) >= 11 is 5.92. The summed E-state index contributed by atoms with van der Waals surface area (Å²) in [5.41, 5.74) is 0.925. The van der Waals surface area contributed by atoms with Crippen molar-refractivity contribution in [3.8, 4) is 0 Å². The first-order valence-corrected chi connectivity index (χ1v) is 10.5. The van der Waals surface area contributed by atoms with Gasteiger partial charge in [-0.2, -0.15) is 4.31 Å². The Kier molecular flexibility index (Phi) is 6.19. The molecule has 0 spiro atoms. The van der Waals surface area contributed by atoms with E-state index in [0.29, 0.717) is 10.7 Å². The topological polar surface area (TPSA) is 102 Å². The van der Waals surface area contributed by atoms with Crippen molar-refractivity contribution < 1.29 is 18.1 Å². The van der Waals surface area contributed by atoms with Crippen LogP contribution in [0.2, 0.25) is 5.02 Å². The Morgan fingerprint density at radius 1 is 1.18 bits per heavy atom. The lowest BCUT2D eigenvalue weighted by molar-refractivity contribution is -0.385. The number of morpholine rings is 1. The van der Waals surface area contributed by atoms with Crippen LogP contribution < -0.4 is 5.32 Å². The summed E-state index contributed by atoms with van der Waals surface area (Å²) in [4.78, 5) is 10.5. The summed E-state index contributed by atoms with van der Waals surface area (Å²) in [5, 5.41) is 14.9. The molecule has 0 unspecified atom stereocenters. The minimum Gasteiger partial charge on any atom is -0.379 e. The molecule has 1 fully saturated rings. The Balaban J connectivity index is 1.98. The molecule has 1 aliphatic heterocycles. The molecule has 1 aliphatic rings. The van der Waals surface area contributed by atoms with E-state index >= 15 is 0 Å². The van der Waals surface area contributed by atoms with Crippen LogP contribution in [0.5, 0.6) is 0 Å². The van der Waals surface area contributed by atoms with Crippen LogP contribution in [0.25, 0.3) is 0 Å². The maximum absolute atomic E-state index is 13.1. The van der Waals surface area contributed by atoms with E-state index in [2.05, 4.69) is 5.32 Å². The Bertz CT molecular complexity index is 960. The molecule has 0 aromatic heterocycles. The van der Waals surface area contributed by atoms with Crippen molar-refractivity contribution in [2.24, 2.45) is 0 Å². The van der Waals surface area contributed by atoms with Crippen LogP contribution in [0, 0.1) is 10.1 Å². The average molecular weight is 426 g/mol. The van der Waals surface area contributed by atoms with Crippen molar-refractivity contribution in [2.45, 2.75) is 17.9 Å². The molecule has 10 heteroatoms. The van der Waals surface area contributed by atoms with Crippen LogP contribution in [0.4, 0.5) is 11.4 Å². The second kappa shape index (κ2) is 8.44. The third kappa shape index (κ3) is 4.44. The van der Waals surface area contributed by atoms with Gasteiger partial charge in [-0.3, -0.25) is 10.1 Å². The Morgan fingerprint density at radius 2 is 1.82 bits per heavy atom. The van der Waals surface area contributed by atoms with E-state index in [9.17, 15) is 18.5 Å². The monoisotopic (exact) mass is 425 g/mol. The highest BCUT2D eigenvalue weighted by molar-refractivity contribution is 7.89. The van der Waals surface area contributed by atoms with Gasteiger partial charge in [-0.05, 0) is 30.7 Å². The molecule has 1 saturated heterocycles. The van der Waals surface area contributed by atoms with Crippen molar-refractivity contribution in [3.05, 3.63) is 63.2 Å². The van der Waals surface area contributed by atoms with Gasteiger partial charge >= 0.3 is 0 Å². The lowest BCUT2D eigenvalue weighted by atomic mass is 10.1. The van der Waals surface area contributed by atoms with Crippen molar-refractivity contribution in [2.75, 3.05) is 31.6 Å². The Hall–Kier alpha value is -2.20. The van der Waals surface area contributed by atoms with Gasteiger partial charge in [-0.15, -0.1) is 0 Å². The largest absolute Gasteiger partial charge is 0.379 e. The molecule has 8 nitrogen and oxygen atoms in total. The van der Waals surface area contributed by atoms with Gasteiger partial charge in [-0.1, -0.05) is 23.7 Å². The molecule has 2 aromatic carbocycles. The van der Waals surface area contributed by atoms with Crippen LogP contribution in [0.15, 0.2) is 47.4 Å². The van der Waals surface area contributed by atoms with Crippen molar-refractivity contribution in [1.29, 1.82) is 0 Å². The molecule has 150 valence electrons. The fraction of sp³-hybridized carbons (Fsp3) is 0.333. The van der Waals surface area contributed by atoms with E-state index in [-0.39, 0.29) is 42.9 Å². The Labute approximate surface area is 168 Å². The number of benzene rings is 2. The average Bonchev–Trinajstić information content (AvgIpc) is 2.69. The van der Waals surface area contributed by atoms with Gasteiger partial charge in [0.25, 0.3) is 5.69 Å². The van der Waals surface area contributed by atoms with Crippen LogP contribution in [0.1, 0.15) is 18.5 Å². The third-order valence-electron chi connectivity index (χ3n) is 4.51. The zero-order chi connectivity index (χ0) is 20.3. The van der Waals surface area contributed by atoms with Crippen molar-refractivity contribution in [3.63, 3.8) is 0 Å².